The molecule has 1 amide bonds. The monoisotopic (exact) mass is 466 g/mol. The molecule has 6 nitrogen and oxygen atoms in total. The highest BCUT2D eigenvalue weighted by Crippen LogP contribution is 2.44. The molecule has 1 aliphatic heterocycles. The molecule has 0 saturated heterocycles. The Hall–Kier alpha value is -3.90. The van der Waals surface area contributed by atoms with Gasteiger partial charge >= 0.3 is 0 Å². The van der Waals surface area contributed by atoms with Crippen LogP contribution in [0.3, 0.4) is 0 Å². The standard InChI is InChI=1S/C29H30N4O2/c1-5-25(34)33-16-14-20-11-12-22(17-23(20)33)26-27-24(35-6-2)13-15-30-29(27)31-28(26)21-9-7-19(8-10-21)18-32(3)4/h5,7-13,15,17H,1,6,14,16,18H2,2-4H3,(H,30,31). The quantitative estimate of drug-likeness (QED) is 0.369. The second-order valence-corrected chi connectivity index (χ2v) is 9.06. The summed E-state index contributed by atoms with van der Waals surface area (Å²) in [7, 11) is 4.14. The van der Waals surface area contributed by atoms with Crippen molar-refractivity contribution >= 4 is 22.6 Å². The maximum Gasteiger partial charge on any atom is 0.250 e. The van der Waals surface area contributed by atoms with Crippen LogP contribution in [0.1, 0.15) is 18.1 Å². The Labute approximate surface area is 205 Å². The van der Waals surface area contributed by atoms with Crippen molar-refractivity contribution in [3.8, 4) is 28.1 Å². The van der Waals surface area contributed by atoms with Crippen LogP contribution in [0.15, 0.2) is 67.4 Å². The first kappa shape index (κ1) is 22.9. The Bertz CT molecular complexity index is 1400. The summed E-state index contributed by atoms with van der Waals surface area (Å²) in [5, 5.41) is 0.946. The molecule has 1 aliphatic rings. The number of fused-ring (bicyclic) bond motifs is 2. The number of rotatable bonds is 7. The van der Waals surface area contributed by atoms with E-state index in [0.717, 1.165) is 57.8 Å². The Balaban J connectivity index is 1.71. The molecule has 178 valence electrons. The summed E-state index contributed by atoms with van der Waals surface area (Å²) in [4.78, 5) is 24.6. The predicted molar refractivity (Wildman–Crippen MR) is 142 cm³/mol. The van der Waals surface area contributed by atoms with Crippen molar-refractivity contribution in [2.45, 2.75) is 19.9 Å². The molecule has 0 saturated carbocycles. The minimum absolute atomic E-state index is 0.0757. The number of anilines is 1. The zero-order valence-corrected chi connectivity index (χ0v) is 20.5. The van der Waals surface area contributed by atoms with Crippen molar-refractivity contribution in [1.82, 2.24) is 14.9 Å². The molecule has 0 atom stereocenters. The van der Waals surface area contributed by atoms with Gasteiger partial charge in [-0.3, -0.25) is 4.79 Å². The van der Waals surface area contributed by atoms with Gasteiger partial charge in [0.15, 0.2) is 0 Å². The highest BCUT2D eigenvalue weighted by molar-refractivity contribution is 6.07. The van der Waals surface area contributed by atoms with Gasteiger partial charge in [-0.2, -0.15) is 0 Å². The first-order valence-electron chi connectivity index (χ1n) is 11.9. The summed E-state index contributed by atoms with van der Waals surface area (Å²) in [6.07, 6.45) is 3.99. The number of nitrogens with one attached hydrogen (secondary N) is 1. The molecule has 0 radical (unpaired) electrons. The van der Waals surface area contributed by atoms with E-state index < -0.39 is 0 Å². The van der Waals surface area contributed by atoms with E-state index in [2.05, 4.69) is 78.0 Å². The first-order chi connectivity index (χ1) is 17.0. The fourth-order valence-corrected chi connectivity index (χ4v) is 4.88. The molecule has 35 heavy (non-hydrogen) atoms. The molecule has 2 aromatic heterocycles. The van der Waals surface area contributed by atoms with Gasteiger partial charge in [0, 0.05) is 30.5 Å². The van der Waals surface area contributed by atoms with Crippen LogP contribution in [0, 0.1) is 0 Å². The zero-order chi connectivity index (χ0) is 24.5. The average molecular weight is 467 g/mol. The zero-order valence-electron chi connectivity index (χ0n) is 20.5. The van der Waals surface area contributed by atoms with Gasteiger partial charge in [0.25, 0.3) is 0 Å². The van der Waals surface area contributed by atoms with Gasteiger partial charge in [-0.1, -0.05) is 43.0 Å². The second kappa shape index (κ2) is 9.39. The number of aromatic amines is 1. The van der Waals surface area contributed by atoms with Crippen molar-refractivity contribution in [2.75, 3.05) is 32.1 Å². The number of hydrogen-bond donors (Lipinski definition) is 1. The Morgan fingerprint density at radius 2 is 1.94 bits per heavy atom. The summed E-state index contributed by atoms with van der Waals surface area (Å²) in [6.45, 7) is 7.77. The molecule has 0 aliphatic carbocycles. The van der Waals surface area contributed by atoms with Crippen LogP contribution in [-0.4, -0.2) is 48.0 Å². The summed E-state index contributed by atoms with van der Waals surface area (Å²) >= 11 is 0. The van der Waals surface area contributed by atoms with Gasteiger partial charge in [0.05, 0.1) is 17.7 Å². The topological polar surface area (TPSA) is 61.5 Å². The fourth-order valence-electron chi connectivity index (χ4n) is 4.88. The lowest BCUT2D eigenvalue weighted by atomic mass is 9.96. The van der Waals surface area contributed by atoms with Gasteiger partial charge in [-0.15, -0.1) is 0 Å². The molecule has 0 spiro atoms. The summed E-state index contributed by atoms with van der Waals surface area (Å²) in [5.41, 5.74) is 8.23. The Morgan fingerprint density at radius 1 is 1.17 bits per heavy atom. The van der Waals surface area contributed by atoms with Crippen LogP contribution >= 0.6 is 0 Å². The molecule has 1 N–H and O–H groups in total. The number of nitrogens with zero attached hydrogens (tertiary/aromatic N) is 3. The van der Waals surface area contributed by atoms with Crippen molar-refractivity contribution in [2.24, 2.45) is 0 Å². The van der Waals surface area contributed by atoms with E-state index in [0.29, 0.717) is 13.2 Å². The second-order valence-electron chi connectivity index (χ2n) is 9.06. The number of ether oxygens (including phenoxy) is 1. The van der Waals surface area contributed by atoms with Crippen LogP contribution in [0.4, 0.5) is 5.69 Å². The first-order valence-corrected chi connectivity index (χ1v) is 11.9. The highest BCUT2D eigenvalue weighted by Gasteiger charge is 2.26. The fraction of sp³-hybridized carbons (Fsp3) is 0.241. The van der Waals surface area contributed by atoms with Crippen LogP contribution in [0.5, 0.6) is 5.75 Å². The number of H-pyrrole nitrogens is 1. The van der Waals surface area contributed by atoms with Crippen molar-refractivity contribution < 1.29 is 9.53 Å². The molecular weight excluding hydrogens is 436 g/mol. The minimum Gasteiger partial charge on any atom is -0.493 e. The maximum atomic E-state index is 12.5. The third kappa shape index (κ3) is 4.21. The van der Waals surface area contributed by atoms with Gasteiger partial charge in [-0.25, -0.2) is 4.98 Å². The Morgan fingerprint density at radius 3 is 2.66 bits per heavy atom. The van der Waals surface area contributed by atoms with Gasteiger partial charge in [-0.05, 0) is 67.9 Å². The van der Waals surface area contributed by atoms with E-state index in [1.165, 1.54) is 17.2 Å². The van der Waals surface area contributed by atoms with Crippen molar-refractivity contribution in [3.63, 3.8) is 0 Å². The number of hydrogen-bond acceptors (Lipinski definition) is 4. The van der Waals surface area contributed by atoms with E-state index in [1.54, 1.807) is 11.1 Å². The van der Waals surface area contributed by atoms with Crippen molar-refractivity contribution in [3.05, 3.63) is 78.5 Å². The Kier molecular flexibility index (Phi) is 6.14. The molecule has 0 bridgehead atoms. The van der Waals surface area contributed by atoms with E-state index in [9.17, 15) is 4.79 Å². The molecule has 6 heteroatoms. The predicted octanol–water partition coefficient (Wildman–Crippen LogP) is 5.43. The number of amides is 1. The third-order valence-electron chi connectivity index (χ3n) is 6.41. The van der Waals surface area contributed by atoms with Crippen LogP contribution < -0.4 is 9.64 Å². The van der Waals surface area contributed by atoms with E-state index in [-0.39, 0.29) is 5.91 Å². The molecule has 5 rings (SSSR count). The van der Waals surface area contributed by atoms with E-state index >= 15 is 0 Å². The number of carbonyl (C=O) groups excluding carboxylic acids is 1. The lowest BCUT2D eigenvalue weighted by Crippen LogP contribution is -2.26. The van der Waals surface area contributed by atoms with Crippen molar-refractivity contribution in [1.29, 1.82) is 0 Å². The van der Waals surface area contributed by atoms with Gasteiger partial charge < -0.3 is 19.5 Å². The maximum absolute atomic E-state index is 12.5. The van der Waals surface area contributed by atoms with Crippen LogP contribution in [0.25, 0.3) is 33.4 Å². The minimum atomic E-state index is -0.0757. The van der Waals surface area contributed by atoms with Gasteiger partial charge in [0.1, 0.15) is 11.4 Å². The molecule has 0 unspecified atom stereocenters. The highest BCUT2D eigenvalue weighted by atomic mass is 16.5. The smallest absolute Gasteiger partial charge is 0.250 e. The van der Waals surface area contributed by atoms with E-state index in [1.807, 2.05) is 13.0 Å². The third-order valence-corrected chi connectivity index (χ3v) is 6.41. The average Bonchev–Trinajstić information content (AvgIpc) is 3.46. The summed E-state index contributed by atoms with van der Waals surface area (Å²) < 4.78 is 6.02. The lowest BCUT2D eigenvalue weighted by Gasteiger charge is -2.17. The van der Waals surface area contributed by atoms with Gasteiger partial charge in [0.2, 0.25) is 5.91 Å². The number of pyridine rings is 1. The molecule has 4 aromatic rings. The lowest BCUT2D eigenvalue weighted by molar-refractivity contribution is -0.114. The molecular formula is C29H30N4O2. The van der Waals surface area contributed by atoms with Crippen LogP contribution in [0.2, 0.25) is 0 Å². The number of aromatic nitrogens is 2. The molecule has 0 fully saturated rings. The summed E-state index contributed by atoms with van der Waals surface area (Å²) in [6, 6.07) is 16.9. The molecule has 3 heterocycles. The largest absolute Gasteiger partial charge is 0.493 e. The SMILES string of the molecule is C=CC(=O)N1CCc2ccc(-c3c(-c4ccc(CN(C)C)cc4)[nH]c4nccc(OCC)c34)cc21. The number of benzene rings is 2. The number of carbonyl (C=O) groups is 1. The molecule has 2 aromatic carbocycles. The van der Waals surface area contributed by atoms with E-state index in [4.69, 9.17) is 4.74 Å². The normalized spacial score (nSPS) is 12.9. The summed E-state index contributed by atoms with van der Waals surface area (Å²) in [5.74, 6) is 0.715. The van der Waals surface area contributed by atoms with Crippen LogP contribution in [-0.2, 0) is 17.8 Å².